The summed E-state index contributed by atoms with van der Waals surface area (Å²) in [4.78, 5) is 36.1. The van der Waals surface area contributed by atoms with Crippen LogP contribution in [0.2, 0.25) is 0 Å². The molecular weight excluding hydrogens is 324 g/mol. The van der Waals surface area contributed by atoms with E-state index < -0.39 is 11.6 Å². The number of hydrogen-bond acceptors (Lipinski definition) is 7. The third-order valence-corrected chi connectivity index (χ3v) is 3.86. The van der Waals surface area contributed by atoms with Crippen molar-refractivity contribution >= 4 is 18.0 Å². The Bertz CT molecular complexity index is 615. The van der Waals surface area contributed by atoms with E-state index in [4.69, 9.17) is 4.74 Å². The molecular formula is C17H26N4O4. The molecule has 1 saturated heterocycles. The Morgan fingerprint density at radius 1 is 1.12 bits per heavy atom. The van der Waals surface area contributed by atoms with Gasteiger partial charge >= 0.3 is 12.1 Å². The van der Waals surface area contributed by atoms with Crippen molar-refractivity contribution in [2.45, 2.75) is 52.3 Å². The number of amides is 1. The fourth-order valence-electron chi connectivity index (χ4n) is 2.87. The van der Waals surface area contributed by atoms with Crippen molar-refractivity contribution in [2.24, 2.45) is 0 Å². The highest BCUT2D eigenvalue weighted by molar-refractivity contribution is 5.88. The van der Waals surface area contributed by atoms with Gasteiger partial charge in [0.15, 0.2) is 0 Å². The van der Waals surface area contributed by atoms with E-state index in [9.17, 15) is 9.59 Å². The highest BCUT2D eigenvalue weighted by atomic mass is 16.6. The van der Waals surface area contributed by atoms with Gasteiger partial charge in [0.2, 0.25) is 5.95 Å². The molecule has 138 valence electrons. The van der Waals surface area contributed by atoms with Crippen LogP contribution in [0.1, 0.15) is 45.0 Å². The van der Waals surface area contributed by atoms with Gasteiger partial charge in [-0.2, -0.15) is 0 Å². The maximum atomic E-state index is 12.3. The highest BCUT2D eigenvalue weighted by Crippen LogP contribution is 2.22. The molecule has 0 unspecified atom stereocenters. The Labute approximate surface area is 148 Å². The quantitative estimate of drug-likeness (QED) is 0.755. The van der Waals surface area contributed by atoms with Crippen LogP contribution in [-0.2, 0) is 9.47 Å². The normalized spacial score (nSPS) is 21.0. The number of esters is 1. The highest BCUT2D eigenvalue weighted by Gasteiger charge is 2.35. The molecule has 0 saturated carbocycles. The molecule has 0 aromatic carbocycles. The molecule has 0 N–H and O–H groups in total. The molecule has 2 atom stereocenters. The fourth-order valence-corrected chi connectivity index (χ4v) is 2.87. The number of carbonyl (C=O) groups excluding carboxylic acids is 2. The number of hydrogen-bond donors (Lipinski definition) is 0. The Hall–Kier alpha value is -2.38. The van der Waals surface area contributed by atoms with Gasteiger partial charge in [0.1, 0.15) is 5.60 Å². The van der Waals surface area contributed by atoms with E-state index in [1.807, 2.05) is 39.5 Å². The van der Waals surface area contributed by atoms with E-state index in [0.717, 1.165) is 0 Å². The van der Waals surface area contributed by atoms with E-state index in [-0.39, 0.29) is 18.2 Å². The van der Waals surface area contributed by atoms with Crippen LogP contribution in [0.3, 0.4) is 0 Å². The van der Waals surface area contributed by atoms with Crippen LogP contribution in [0.25, 0.3) is 0 Å². The first-order valence-corrected chi connectivity index (χ1v) is 8.29. The lowest BCUT2D eigenvalue weighted by Gasteiger charge is -2.44. The molecule has 0 bridgehead atoms. The van der Waals surface area contributed by atoms with Crippen molar-refractivity contribution in [3.05, 3.63) is 18.0 Å². The largest absolute Gasteiger partial charge is 0.465 e. The second kappa shape index (κ2) is 7.25. The molecule has 8 nitrogen and oxygen atoms in total. The van der Waals surface area contributed by atoms with E-state index in [1.165, 1.54) is 19.5 Å². The zero-order valence-electron chi connectivity index (χ0n) is 15.6. The van der Waals surface area contributed by atoms with Crippen molar-refractivity contribution in [1.29, 1.82) is 0 Å². The van der Waals surface area contributed by atoms with Crippen LogP contribution < -0.4 is 4.90 Å². The average Bonchev–Trinajstić information content (AvgIpc) is 2.52. The van der Waals surface area contributed by atoms with Gasteiger partial charge in [-0.1, -0.05) is 0 Å². The zero-order chi connectivity index (χ0) is 18.8. The van der Waals surface area contributed by atoms with E-state index in [0.29, 0.717) is 24.6 Å². The number of rotatable bonds is 2. The molecule has 1 aliphatic heterocycles. The van der Waals surface area contributed by atoms with Crippen molar-refractivity contribution in [3.63, 3.8) is 0 Å². The first kappa shape index (κ1) is 19.0. The second-order valence-electron chi connectivity index (χ2n) is 7.25. The number of carbonyl (C=O) groups is 2. The number of piperazine rings is 1. The van der Waals surface area contributed by atoms with Gasteiger partial charge < -0.3 is 19.3 Å². The van der Waals surface area contributed by atoms with Crippen LogP contribution in [0.5, 0.6) is 0 Å². The first-order valence-electron chi connectivity index (χ1n) is 8.29. The predicted octanol–water partition coefficient (Wildman–Crippen LogP) is 2.10. The summed E-state index contributed by atoms with van der Waals surface area (Å²) >= 11 is 0. The minimum atomic E-state index is -0.520. The third-order valence-electron chi connectivity index (χ3n) is 3.86. The van der Waals surface area contributed by atoms with Gasteiger partial charge in [-0.15, -0.1) is 0 Å². The number of aromatic nitrogens is 2. The molecule has 0 radical (unpaired) electrons. The van der Waals surface area contributed by atoms with Crippen LogP contribution in [0.15, 0.2) is 12.4 Å². The number of methoxy groups -OCH3 is 1. The van der Waals surface area contributed by atoms with E-state index >= 15 is 0 Å². The predicted molar refractivity (Wildman–Crippen MR) is 92.6 cm³/mol. The zero-order valence-corrected chi connectivity index (χ0v) is 15.6. The van der Waals surface area contributed by atoms with Gasteiger partial charge in [-0.05, 0) is 34.6 Å². The fraction of sp³-hybridized carbons (Fsp3) is 0.647. The summed E-state index contributed by atoms with van der Waals surface area (Å²) in [6.07, 6.45) is 2.59. The second-order valence-corrected chi connectivity index (χ2v) is 7.25. The monoisotopic (exact) mass is 350 g/mol. The van der Waals surface area contributed by atoms with Gasteiger partial charge in [-0.3, -0.25) is 0 Å². The standard InChI is InChI=1S/C17H26N4O4/c1-11-9-20(16(23)25-17(3,4)5)10-12(2)21(11)15-18-7-13(8-19-15)14(22)24-6/h7-8,11-12H,9-10H2,1-6H3/t11-,12+. The van der Waals surface area contributed by atoms with Gasteiger partial charge in [0.25, 0.3) is 0 Å². The summed E-state index contributed by atoms with van der Waals surface area (Å²) in [6, 6.07) is 0.0282. The lowest BCUT2D eigenvalue weighted by Crippen LogP contribution is -2.59. The molecule has 0 spiro atoms. The van der Waals surface area contributed by atoms with E-state index in [2.05, 4.69) is 14.7 Å². The summed E-state index contributed by atoms with van der Waals surface area (Å²) in [7, 11) is 1.32. The summed E-state index contributed by atoms with van der Waals surface area (Å²) in [5.74, 6) is 0.0545. The van der Waals surface area contributed by atoms with Crippen LogP contribution >= 0.6 is 0 Å². The summed E-state index contributed by atoms with van der Waals surface area (Å²) in [5, 5.41) is 0. The molecule has 1 amide bonds. The van der Waals surface area contributed by atoms with Crippen molar-refractivity contribution in [2.75, 3.05) is 25.1 Å². The minimum Gasteiger partial charge on any atom is -0.465 e. The van der Waals surface area contributed by atoms with Crippen molar-refractivity contribution in [3.8, 4) is 0 Å². The van der Waals surface area contributed by atoms with Crippen LogP contribution in [0.4, 0.5) is 10.7 Å². The third kappa shape index (κ3) is 4.58. The van der Waals surface area contributed by atoms with Gasteiger partial charge in [-0.25, -0.2) is 19.6 Å². The van der Waals surface area contributed by atoms with E-state index in [1.54, 1.807) is 4.90 Å². The Morgan fingerprint density at radius 3 is 2.08 bits per heavy atom. The summed E-state index contributed by atoms with van der Waals surface area (Å²) in [5.41, 5.74) is -0.216. The Balaban J connectivity index is 2.10. The van der Waals surface area contributed by atoms with Crippen molar-refractivity contribution in [1.82, 2.24) is 14.9 Å². The summed E-state index contributed by atoms with van der Waals surface area (Å²) in [6.45, 7) is 10.6. The number of ether oxygens (including phenoxy) is 2. The van der Waals surface area contributed by atoms with Crippen molar-refractivity contribution < 1.29 is 19.1 Å². The Kier molecular flexibility index (Phi) is 5.49. The SMILES string of the molecule is COC(=O)c1cnc(N2[C@H](C)CN(C(=O)OC(C)(C)C)C[C@@H]2C)nc1. The maximum Gasteiger partial charge on any atom is 0.410 e. The topological polar surface area (TPSA) is 84.9 Å². The number of nitrogens with zero attached hydrogens (tertiary/aromatic N) is 4. The van der Waals surface area contributed by atoms with Crippen LogP contribution in [0, 0.1) is 0 Å². The smallest absolute Gasteiger partial charge is 0.410 e. The lowest BCUT2D eigenvalue weighted by atomic mass is 10.1. The van der Waals surface area contributed by atoms with Gasteiger partial charge in [0, 0.05) is 37.6 Å². The number of anilines is 1. The van der Waals surface area contributed by atoms with Gasteiger partial charge in [0.05, 0.1) is 12.7 Å². The summed E-state index contributed by atoms with van der Waals surface area (Å²) < 4.78 is 10.1. The molecule has 1 aromatic heterocycles. The average molecular weight is 350 g/mol. The first-order chi connectivity index (χ1) is 11.6. The molecule has 25 heavy (non-hydrogen) atoms. The molecule has 0 aliphatic carbocycles. The maximum absolute atomic E-state index is 12.3. The molecule has 1 aromatic rings. The molecule has 1 aliphatic rings. The molecule has 2 rings (SSSR count). The lowest BCUT2D eigenvalue weighted by molar-refractivity contribution is 0.0191. The minimum absolute atomic E-state index is 0.0141. The molecule has 2 heterocycles. The molecule has 8 heteroatoms. The molecule has 1 fully saturated rings. The Morgan fingerprint density at radius 2 is 1.64 bits per heavy atom. The van der Waals surface area contributed by atoms with Crippen LogP contribution in [-0.4, -0.2) is 64.8 Å².